The maximum Gasteiger partial charge on any atom is 0.0742 e. The third-order valence-electron chi connectivity index (χ3n) is 21.9. The van der Waals surface area contributed by atoms with Crippen LogP contribution in [-0.2, 0) is 16.2 Å². The van der Waals surface area contributed by atoms with Crippen molar-refractivity contribution in [3.63, 3.8) is 0 Å². The highest BCUT2D eigenvalue weighted by molar-refractivity contribution is 6.22. The molecule has 0 unspecified atom stereocenters. The summed E-state index contributed by atoms with van der Waals surface area (Å²) in [7, 11) is 0. The Labute approximate surface area is 556 Å². The maximum atomic E-state index is 2.59. The summed E-state index contributed by atoms with van der Waals surface area (Å²) < 4.78 is 0. The molecule has 0 N–H and O–H groups in total. The Bertz CT molecular complexity index is 5120. The minimum Gasteiger partial charge on any atom is -0.309 e. The van der Waals surface area contributed by atoms with Gasteiger partial charge in [-0.3, -0.25) is 0 Å². The van der Waals surface area contributed by atoms with E-state index < -0.39 is 10.8 Å². The summed E-state index contributed by atoms with van der Waals surface area (Å²) in [5, 5.41) is 4.85. The van der Waals surface area contributed by atoms with E-state index >= 15 is 0 Å². The lowest BCUT2D eigenvalue weighted by Gasteiger charge is -2.47. The molecular formula is C93H66N2. The van der Waals surface area contributed by atoms with E-state index in [0.717, 1.165) is 47.0 Å². The van der Waals surface area contributed by atoms with E-state index in [2.05, 4.69) is 362 Å². The molecule has 0 radical (unpaired) electrons. The molecule has 0 amide bonds. The van der Waals surface area contributed by atoms with Gasteiger partial charge >= 0.3 is 0 Å². The molecule has 1 spiro atoms. The first-order valence-electron chi connectivity index (χ1n) is 33.8. The zero-order valence-electron chi connectivity index (χ0n) is 52.7. The standard InChI is InChI=1S/C93H66N2/c1-7-32-63(33-8-1)92(64-34-9-2-10-35-64)80-53-21-23-58-85(80)94(67-40-15-5-16-41-67)89-73(49-29-56-83(89)92)69-45-27-47-71-77(69)62-78-70(46-28-48-72(78)87(71)76-51-31-55-82-88(76)75-44-19-20-52-79(75)91(82)60-25-26-61-91)74-50-30-57-84-90(74)95(68-42-17-6-18-43-68)86-59-24-22-54-81(86)93(84,65-36-11-3-12-37-65)66-38-13-4-14-39-66/h1-24,27-59,62H,25-26,60-61H2. The van der Waals surface area contributed by atoms with Gasteiger partial charge in [-0.2, -0.15) is 0 Å². The lowest BCUT2D eigenvalue weighted by molar-refractivity contribution is 0.550. The topological polar surface area (TPSA) is 6.48 Å². The van der Waals surface area contributed by atoms with E-state index in [1.54, 1.807) is 0 Å². The highest BCUT2D eigenvalue weighted by Crippen LogP contribution is 2.64. The number of rotatable bonds is 9. The van der Waals surface area contributed by atoms with E-state index in [0.29, 0.717) is 0 Å². The van der Waals surface area contributed by atoms with E-state index in [4.69, 9.17) is 0 Å². The molecule has 2 aliphatic heterocycles. The Morgan fingerprint density at radius 3 is 0.989 bits per heavy atom. The Morgan fingerprint density at radius 2 is 0.547 bits per heavy atom. The van der Waals surface area contributed by atoms with Gasteiger partial charge in [-0.15, -0.1) is 0 Å². The Hall–Kier alpha value is -11.6. The fraction of sp³-hybridized carbons (Fsp3) is 0.0753. The zero-order valence-corrected chi connectivity index (χ0v) is 52.7. The van der Waals surface area contributed by atoms with Crippen molar-refractivity contribution >= 4 is 55.7 Å². The van der Waals surface area contributed by atoms with Crippen molar-refractivity contribution in [2.24, 2.45) is 0 Å². The monoisotopic (exact) mass is 1210 g/mol. The van der Waals surface area contributed by atoms with Crippen LogP contribution in [0.5, 0.6) is 0 Å². The lowest BCUT2D eigenvalue weighted by atomic mass is 9.62. The molecule has 0 aromatic heterocycles. The van der Waals surface area contributed by atoms with Crippen LogP contribution in [0.25, 0.3) is 66.1 Å². The van der Waals surface area contributed by atoms with Crippen molar-refractivity contribution in [3.8, 4) is 44.5 Å². The predicted octanol–water partition coefficient (Wildman–Crippen LogP) is 24.2. The number of para-hydroxylation sites is 6. The van der Waals surface area contributed by atoms with Crippen LogP contribution in [0.3, 0.4) is 0 Å². The third kappa shape index (κ3) is 7.86. The van der Waals surface area contributed by atoms with Crippen LogP contribution >= 0.6 is 0 Å². The number of benzene rings is 15. The molecule has 95 heavy (non-hydrogen) atoms. The van der Waals surface area contributed by atoms with Crippen molar-refractivity contribution < 1.29 is 0 Å². The van der Waals surface area contributed by atoms with E-state index in [9.17, 15) is 0 Å². The molecule has 1 fully saturated rings. The number of hydrogen-bond donors (Lipinski definition) is 0. The van der Waals surface area contributed by atoms with Gasteiger partial charge in [-0.05, 0) is 166 Å². The second kappa shape index (κ2) is 21.8. The van der Waals surface area contributed by atoms with Gasteiger partial charge in [-0.25, -0.2) is 0 Å². The number of nitrogens with zero attached hydrogens (tertiary/aromatic N) is 2. The van der Waals surface area contributed by atoms with Crippen molar-refractivity contribution in [2.45, 2.75) is 41.9 Å². The van der Waals surface area contributed by atoms with Gasteiger partial charge in [-0.1, -0.05) is 322 Å². The van der Waals surface area contributed by atoms with Crippen LogP contribution in [0.1, 0.15) is 81.3 Å². The number of anilines is 6. The summed E-state index contributed by atoms with van der Waals surface area (Å²) in [6.07, 6.45) is 4.77. The molecule has 1 saturated carbocycles. The average Bonchev–Trinajstić information content (AvgIpc) is 1.19. The van der Waals surface area contributed by atoms with Crippen LogP contribution < -0.4 is 9.80 Å². The molecule has 0 bridgehead atoms. The summed E-state index contributed by atoms with van der Waals surface area (Å²) in [6.45, 7) is 0. The third-order valence-corrected chi connectivity index (χ3v) is 21.9. The van der Waals surface area contributed by atoms with Crippen molar-refractivity contribution in [2.75, 3.05) is 9.80 Å². The van der Waals surface area contributed by atoms with Gasteiger partial charge in [0, 0.05) is 27.9 Å². The minimum atomic E-state index is -0.691. The van der Waals surface area contributed by atoms with Gasteiger partial charge in [0.1, 0.15) is 0 Å². The first-order valence-corrected chi connectivity index (χ1v) is 33.8. The summed E-state index contributed by atoms with van der Waals surface area (Å²) in [5.74, 6) is 0. The normalized spacial score (nSPS) is 15.0. The second-order valence-corrected chi connectivity index (χ2v) is 26.4. The molecule has 19 rings (SSSR count). The molecule has 4 aliphatic rings. The molecule has 2 heteroatoms. The molecule has 0 saturated heterocycles. The maximum absolute atomic E-state index is 2.59. The molecule has 2 nitrogen and oxygen atoms in total. The van der Waals surface area contributed by atoms with Crippen LogP contribution in [0.4, 0.5) is 34.1 Å². The van der Waals surface area contributed by atoms with Gasteiger partial charge in [0.25, 0.3) is 0 Å². The quantitative estimate of drug-likeness (QED) is 0.133. The fourth-order valence-corrected chi connectivity index (χ4v) is 18.3. The van der Waals surface area contributed by atoms with Crippen molar-refractivity contribution in [3.05, 3.63) is 407 Å². The Balaban J connectivity index is 0.967. The summed E-state index contributed by atoms with van der Waals surface area (Å²) in [4.78, 5) is 5.13. The fourth-order valence-electron chi connectivity index (χ4n) is 18.3. The van der Waals surface area contributed by atoms with E-state index in [1.165, 1.54) is 135 Å². The van der Waals surface area contributed by atoms with Crippen LogP contribution in [0.15, 0.2) is 352 Å². The number of hydrogen-bond acceptors (Lipinski definition) is 2. The molecular weight excluding hydrogens is 1150 g/mol. The molecule has 2 heterocycles. The van der Waals surface area contributed by atoms with Gasteiger partial charge in [0.15, 0.2) is 0 Å². The Kier molecular flexibility index (Phi) is 12.6. The van der Waals surface area contributed by atoms with E-state index in [1.807, 2.05) is 0 Å². The lowest BCUT2D eigenvalue weighted by Crippen LogP contribution is -2.38. The van der Waals surface area contributed by atoms with Gasteiger partial charge in [0.05, 0.1) is 33.6 Å². The van der Waals surface area contributed by atoms with Gasteiger partial charge < -0.3 is 9.80 Å². The van der Waals surface area contributed by atoms with Crippen molar-refractivity contribution in [1.82, 2.24) is 0 Å². The largest absolute Gasteiger partial charge is 0.309 e. The Morgan fingerprint density at radius 1 is 0.221 bits per heavy atom. The van der Waals surface area contributed by atoms with Crippen LogP contribution in [0.2, 0.25) is 0 Å². The summed E-state index contributed by atoms with van der Waals surface area (Å²) >= 11 is 0. The first-order chi connectivity index (χ1) is 47.2. The van der Waals surface area contributed by atoms with Crippen molar-refractivity contribution in [1.29, 1.82) is 0 Å². The average molecular weight is 1210 g/mol. The molecule has 0 atom stereocenters. The highest BCUT2D eigenvalue weighted by Gasteiger charge is 2.50. The van der Waals surface area contributed by atoms with Crippen LogP contribution in [0, 0.1) is 0 Å². The molecule has 448 valence electrons. The summed E-state index contributed by atoms with van der Waals surface area (Å²) in [6, 6.07) is 133. The smallest absolute Gasteiger partial charge is 0.0742 e. The van der Waals surface area contributed by atoms with Crippen LogP contribution in [-0.4, -0.2) is 0 Å². The predicted molar refractivity (Wildman–Crippen MR) is 396 cm³/mol. The SMILES string of the molecule is c1ccc(N2c3ccccc3C(c3ccccc3)(c3ccccc3)c3cccc(-c4cccc5c(-c6cccc7c6-c6ccccc6C76CCCC6)c6cccc(-c7cccc8c7N(c7ccccc7)c7ccccc7C8(c7ccccc7)c7ccccc7)c6cc45)c32)cc1. The molecule has 2 aliphatic carbocycles. The second-order valence-electron chi connectivity index (χ2n) is 26.4. The van der Waals surface area contributed by atoms with E-state index in [-0.39, 0.29) is 5.41 Å². The van der Waals surface area contributed by atoms with Gasteiger partial charge in [0.2, 0.25) is 0 Å². The minimum absolute atomic E-state index is 0.0206. The number of fused-ring (bicyclic) bond motifs is 11. The highest BCUT2D eigenvalue weighted by atomic mass is 15.2. The summed E-state index contributed by atoms with van der Waals surface area (Å²) in [5.41, 5.74) is 28.2. The molecule has 15 aromatic carbocycles. The zero-order chi connectivity index (χ0) is 62.7. The first kappa shape index (κ1) is 55.1. The molecule has 15 aromatic rings.